The smallest absolute Gasteiger partial charge is 0.0406 e. The van der Waals surface area contributed by atoms with Gasteiger partial charge in [0.05, 0.1) is 0 Å². The van der Waals surface area contributed by atoms with Gasteiger partial charge >= 0.3 is 0 Å². The van der Waals surface area contributed by atoms with Crippen LogP contribution in [0.15, 0.2) is 48.8 Å². The standard InChI is InChI=1S/C16H20ClN3/c17-16-4-2-14(3-5-16)12-20(11-1-8-18)13-15-6-9-19-10-7-15/h2-7,9-10H,1,8,11-13,18H2. The fourth-order valence-electron chi connectivity index (χ4n) is 2.12. The van der Waals surface area contributed by atoms with E-state index in [0.29, 0.717) is 6.54 Å². The first-order valence-electron chi connectivity index (χ1n) is 6.83. The molecule has 106 valence electrons. The van der Waals surface area contributed by atoms with Crippen LogP contribution in [-0.2, 0) is 13.1 Å². The highest BCUT2D eigenvalue weighted by molar-refractivity contribution is 6.30. The maximum Gasteiger partial charge on any atom is 0.0406 e. The van der Waals surface area contributed by atoms with Crippen LogP contribution < -0.4 is 5.73 Å². The normalized spacial score (nSPS) is 10.9. The van der Waals surface area contributed by atoms with Gasteiger partial charge in [0, 0.05) is 37.1 Å². The predicted molar refractivity (Wildman–Crippen MR) is 83.5 cm³/mol. The lowest BCUT2D eigenvalue weighted by molar-refractivity contribution is 0.255. The first-order chi connectivity index (χ1) is 9.78. The Morgan fingerprint density at radius 2 is 1.55 bits per heavy atom. The van der Waals surface area contributed by atoms with Crippen molar-refractivity contribution in [2.24, 2.45) is 5.73 Å². The molecule has 0 saturated carbocycles. The van der Waals surface area contributed by atoms with E-state index in [1.165, 1.54) is 11.1 Å². The molecule has 0 aliphatic rings. The van der Waals surface area contributed by atoms with E-state index in [2.05, 4.69) is 34.1 Å². The fourth-order valence-corrected chi connectivity index (χ4v) is 2.25. The fraction of sp³-hybridized carbons (Fsp3) is 0.312. The summed E-state index contributed by atoms with van der Waals surface area (Å²) < 4.78 is 0. The lowest BCUT2D eigenvalue weighted by Gasteiger charge is -2.22. The quantitative estimate of drug-likeness (QED) is 0.852. The third-order valence-electron chi connectivity index (χ3n) is 3.15. The first kappa shape index (κ1) is 15.0. The summed E-state index contributed by atoms with van der Waals surface area (Å²) in [6.45, 7) is 3.51. The SMILES string of the molecule is NCCCN(Cc1ccncc1)Cc1ccc(Cl)cc1. The van der Waals surface area contributed by atoms with Crippen LogP contribution in [0.1, 0.15) is 17.5 Å². The summed E-state index contributed by atoms with van der Waals surface area (Å²) in [5, 5.41) is 0.774. The van der Waals surface area contributed by atoms with E-state index in [-0.39, 0.29) is 0 Å². The van der Waals surface area contributed by atoms with Crippen molar-refractivity contribution in [3.05, 3.63) is 64.9 Å². The average molecular weight is 290 g/mol. The lowest BCUT2D eigenvalue weighted by Crippen LogP contribution is -2.25. The molecule has 2 rings (SSSR count). The second kappa shape index (κ2) is 8.00. The second-order valence-electron chi connectivity index (χ2n) is 4.83. The van der Waals surface area contributed by atoms with Gasteiger partial charge in [0.1, 0.15) is 0 Å². The van der Waals surface area contributed by atoms with Crippen LogP contribution >= 0.6 is 11.6 Å². The summed E-state index contributed by atoms with van der Waals surface area (Å²) in [6.07, 6.45) is 4.66. The van der Waals surface area contributed by atoms with Crippen molar-refractivity contribution in [3.63, 3.8) is 0 Å². The number of nitrogens with zero attached hydrogens (tertiary/aromatic N) is 2. The van der Waals surface area contributed by atoms with Gasteiger partial charge in [-0.1, -0.05) is 23.7 Å². The van der Waals surface area contributed by atoms with E-state index in [4.69, 9.17) is 17.3 Å². The van der Waals surface area contributed by atoms with Gasteiger partial charge in [-0.3, -0.25) is 9.88 Å². The highest BCUT2D eigenvalue weighted by Crippen LogP contribution is 2.13. The predicted octanol–water partition coefficient (Wildman–Crippen LogP) is 3.09. The number of hydrogen-bond acceptors (Lipinski definition) is 3. The van der Waals surface area contributed by atoms with Gasteiger partial charge in [0.2, 0.25) is 0 Å². The monoisotopic (exact) mass is 289 g/mol. The van der Waals surface area contributed by atoms with Gasteiger partial charge < -0.3 is 5.73 Å². The summed E-state index contributed by atoms with van der Waals surface area (Å²) in [4.78, 5) is 6.45. The molecule has 2 N–H and O–H groups in total. The average Bonchev–Trinajstić information content (AvgIpc) is 2.48. The Labute approximate surface area is 125 Å². The maximum atomic E-state index is 5.92. The Hall–Kier alpha value is -1.42. The molecule has 4 heteroatoms. The third-order valence-corrected chi connectivity index (χ3v) is 3.41. The van der Waals surface area contributed by atoms with E-state index in [0.717, 1.165) is 31.1 Å². The van der Waals surface area contributed by atoms with E-state index < -0.39 is 0 Å². The number of halogens is 1. The molecule has 0 unspecified atom stereocenters. The topological polar surface area (TPSA) is 42.1 Å². The molecule has 0 atom stereocenters. The molecule has 1 aromatic heterocycles. The van der Waals surface area contributed by atoms with Crippen molar-refractivity contribution in [2.75, 3.05) is 13.1 Å². The summed E-state index contributed by atoms with van der Waals surface area (Å²) >= 11 is 5.92. The van der Waals surface area contributed by atoms with Crippen molar-refractivity contribution in [3.8, 4) is 0 Å². The molecule has 0 spiro atoms. The molecular formula is C16H20ClN3. The maximum absolute atomic E-state index is 5.92. The zero-order chi connectivity index (χ0) is 14.2. The number of rotatable bonds is 7. The molecule has 1 aromatic carbocycles. The largest absolute Gasteiger partial charge is 0.330 e. The molecule has 0 saturated heterocycles. The van der Waals surface area contributed by atoms with Crippen LogP contribution in [0.5, 0.6) is 0 Å². The van der Waals surface area contributed by atoms with Gasteiger partial charge in [-0.2, -0.15) is 0 Å². The number of aromatic nitrogens is 1. The summed E-state index contributed by atoms with van der Waals surface area (Å²) in [7, 11) is 0. The molecule has 20 heavy (non-hydrogen) atoms. The van der Waals surface area contributed by atoms with Gasteiger partial charge in [0.15, 0.2) is 0 Å². The molecule has 2 aromatic rings. The number of benzene rings is 1. The molecule has 0 fully saturated rings. The minimum atomic E-state index is 0.716. The van der Waals surface area contributed by atoms with E-state index >= 15 is 0 Å². The molecule has 0 amide bonds. The van der Waals surface area contributed by atoms with Gasteiger partial charge in [0.25, 0.3) is 0 Å². The lowest BCUT2D eigenvalue weighted by atomic mass is 10.2. The van der Waals surface area contributed by atoms with Crippen molar-refractivity contribution in [1.82, 2.24) is 9.88 Å². The molecule has 0 bridgehead atoms. The molecule has 0 radical (unpaired) electrons. The highest BCUT2D eigenvalue weighted by atomic mass is 35.5. The summed E-state index contributed by atoms with van der Waals surface area (Å²) in [5.74, 6) is 0. The molecule has 3 nitrogen and oxygen atoms in total. The molecule has 1 heterocycles. The summed E-state index contributed by atoms with van der Waals surface area (Å²) in [6, 6.07) is 12.1. The number of pyridine rings is 1. The third kappa shape index (κ3) is 4.93. The van der Waals surface area contributed by atoms with Crippen molar-refractivity contribution in [1.29, 1.82) is 0 Å². The van der Waals surface area contributed by atoms with Crippen molar-refractivity contribution < 1.29 is 0 Å². The Bertz CT molecular complexity index is 499. The molecule has 0 aliphatic carbocycles. The van der Waals surface area contributed by atoms with Gasteiger partial charge in [-0.15, -0.1) is 0 Å². The van der Waals surface area contributed by atoms with Gasteiger partial charge in [-0.05, 0) is 48.4 Å². The Morgan fingerprint density at radius 3 is 2.15 bits per heavy atom. The van der Waals surface area contributed by atoms with Crippen LogP contribution in [-0.4, -0.2) is 23.0 Å². The minimum Gasteiger partial charge on any atom is -0.330 e. The Balaban J connectivity index is 2.01. The number of nitrogens with two attached hydrogens (primary N) is 1. The Kier molecular flexibility index (Phi) is 5.99. The van der Waals surface area contributed by atoms with Crippen LogP contribution in [0.2, 0.25) is 5.02 Å². The van der Waals surface area contributed by atoms with E-state index in [1.54, 1.807) is 0 Å². The second-order valence-corrected chi connectivity index (χ2v) is 5.27. The van der Waals surface area contributed by atoms with E-state index in [1.807, 2.05) is 24.5 Å². The minimum absolute atomic E-state index is 0.716. The van der Waals surface area contributed by atoms with Crippen LogP contribution in [0.25, 0.3) is 0 Å². The van der Waals surface area contributed by atoms with Crippen LogP contribution in [0, 0.1) is 0 Å². The first-order valence-corrected chi connectivity index (χ1v) is 7.21. The summed E-state index contributed by atoms with van der Waals surface area (Å²) in [5.41, 5.74) is 8.16. The zero-order valence-corrected chi connectivity index (χ0v) is 12.3. The van der Waals surface area contributed by atoms with Crippen LogP contribution in [0.4, 0.5) is 0 Å². The van der Waals surface area contributed by atoms with Crippen LogP contribution in [0.3, 0.4) is 0 Å². The van der Waals surface area contributed by atoms with Gasteiger partial charge in [-0.25, -0.2) is 0 Å². The van der Waals surface area contributed by atoms with Crippen molar-refractivity contribution >= 4 is 11.6 Å². The number of hydrogen-bond donors (Lipinski definition) is 1. The molecular weight excluding hydrogens is 270 g/mol. The zero-order valence-electron chi connectivity index (χ0n) is 11.5. The highest BCUT2D eigenvalue weighted by Gasteiger charge is 2.07. The van der Waals surface area contributed by atoms with Crippen molar-refractivity contribution in [2.45, 2.75) is 19.5 Å². The Morgan fingerprint density at radius 1 is 0.950 bits per heavy atom. The van der Waals surface area contributed by atoms with E-state index in [9.17, 15) is 0 Å². The molecule has 0 aliphatic heterocycles.